The van der Waals surface area contributed by atoms with Gasteiger partial charge in [-0.15, -0.1) is 0 Å². The van der Waals surface area contributed by atoms with Crippen LogP contribution in [0.15, 0.2) is 64.3 Å². The number of nitrogens with one attached hydrogen (secondary N) is 4. The molecule has 2 aromatic heterocycles. The minimum absolute atomic E-state index is 0.00977. The van der Waals surface area contributed by atoms with E-state index in [0.717, 1.165) is 15.5 Å². The first kappa shape index (κ1) is 29.3. The Kier molecular flexibility index (Phi) is 8.75. The van der Waals surface area contributed by atoms with E-state index in [0.29, 0.717) is 11.1 Å². The van der Waals surface area contributed by atoms with Crippen LogP contribution in [-0.4, -0.2) is 49.5 Å². The number of amides is 2. The summed E-state index contributed by atoms with van der Waals surface area (Å²) in [6, 6.07) is 10.4. The van der Waals surface area contributed by atoms with Gasteiger partial charge in [-0.05, 0) is 42.0 Å². The highest BCUT2D eigenvalue weighted by molar-refractivity contribution is 5.92. The highest BCUT2D eigenvalue weighted by Crippen LogP contribution is 2.23. The van der Waals surface area contributed by atoms with Crippen LogP contribution in [0, 0.1) is 11.8 Å². The summed E-state index contributed by atoms with van der Waals surface area (Å²) in [5.41, 5.74) is 0.466. The minimum Gasteiger partial charge on any atom is -0.480 e. The van der Waals surface area contributed by atoms with Crippen LogP contribution in [-0.2, 0) is 20.8 Å². The average molecular weight is 562 g/mol. The van der Waals surface area contributed by atoms with Crippen LogP contribution >= 0.6 is 0 Å². The van der Waals surface area contributed by atoms with E-state index >= 15 is 0 Å². The fourth-order valence-electron chi connectivity index (χ4n) is 5.01. The van der Waals surface area contributed by atoms with Gasteiger partial charge in [0.2, 0.25) is 11.8 Å². The molecule has 2 amide bonds. The number of aromatic amines is 2. The van der Waals surface area contributed by atoms with E-state index in [2.05, 4.69) is 20.6 Å². The summed E-state index contributed by atoms with van der Waals surface area (Å²) in [4.78, 5) is 71.6. The molecule has 41 heavy (non-hydrogen) atoms. The normalized spacial score (nSPS) is 13.8. The molecule has 3 atom stereocenters. The Labute approximate surface area is 236 Å². The molecule has 0 aliphatic carbocycles. The molecule has 0 radical (unpaired) electrons. The lowest BCUT2D eigenvalue weighted by atomic mass is 9.99. The van der Waals surface area contributed by atoms with Gasteiger partial charge in [-0.2, -0.15) is 0 Å². The summed E-state index contributed by atoms with van der Waals surface area (Å²) in [5.74, 6) is -2.97. The lowest BCUT2D eigenvalue weighted by molar-refractivity contribution is -0.143. The number of rotatable bonds is 11. The van der Waals surface area contributed by atoms with Gasteiger partial charge in [0.15, 0.2) is 0 Å². The predicted molar refractivity (Wildman–Crippen MR) is 156 cm³/mol. The van der Waals surface area contributed by atoms with Crippen LogP contribution in [0.25, 0.3) is 21.8 Å². The number of aromatic nitrogens is 3. The Hall–Kier alpha value is -4.67. The first-order chi connectivity index (χ1) is 19.5. The van der Waals surface area contributed by atoms with Crippen molar-refractivity contribution in [1.29, 1.82) is 0 Å². The molecule has 2 aromatic carbocycles. The molecule has 4 aromatic rings. The van der Waals surface area contributed by atoms with Crippen molar-refractivity contribution in [1.82, 2.24) is 25.2 Å². The lowest BCUT2D eigenvalue weighted by Crippen LogP contribution is -2.56. The zero-order valence-electron chi connectivity index (χ0n) is 23.4. The zero-order chi connectivity index (χ0) is 29.8. The van der Waals surface area contributed by atoms with Gasteiger partial charge in [0.1, 0.15) is 18.1 Å². The molecule has 0 aliphatic heterocycles. The van der Waals surface area contributed by atoms with Crippen LogP contribution in [0.2, 0.25) is 0 Å². The van der Waals surface area contributed by atoms with E-state index in [1.165, 1.54) is 0 Å². The third kappa shape index (κ3) is 6.40. The van der Waals surface area contributed by atoms with E-state index in [9.17, 15) is 29.1 Å². The molecule has 0 bridgehead atoms. The van der Waals surface area contributed by atoms with Gasteiger partial charge in [-0.25, -0.2) is 14.2 Å². The summed E-state index contributed by atoms with van der Waals surface area (Å²) in [6.07, 6.45) is 1.92. The van der Waals surface area contributed by atoms with E-state index in [1.54, 1.807) is 44.3 Å². The molecule has 5 N–H and O–H groups in total. The summed E-state index contributed by atoms with van der Waals surface area (Å²) >= 11 is 0. The summed E-state index contributed by atoms with van der Waals surface area (Å²) in [7, 11) is 0. The Balaban J connectivity index is 1.74. The molecule has 0 aliphatic rings. The highest BCUT2D eigenvalue weighted by atomic mass is 16.4. The fourth-order valence-corrected chi connectivity index (χ4v) is 5.01. The number of fused-ring (bicyclic) bond motifs is 2. The van der Waals surface area contributed by atoms with Crippen molar-refractivity contribution in [2.45, 2.75) is 58.7 Å². The number of carbonyl (C=O) groups excluding carboxylic acids is 2. The van der Waals surface area contributed by atoms with Crippen molar-refractivity contribution in [2.24, 2.45) is 11.8 Å². The van der Waals surface area contributed by atoms with E-state index in [1.807, 2.05) is 38.1 Å². The Morgan fingerprint density at radius 1 is 0.878 bits per heavy atom. The molecule has 2 heterocycles. The van der Waals surface area contributed by atoms with Crippen molar-refractivity contribution in [2.75, 3.05) is 0 Å². The number of carboxylic acid groups (broad SMARTS) is 1. The van der Waals surface area contributed by atoms with Crippen LogP contribution in [0.5, 0.6) is 0 Å². The third-order valence-electron chi connectivity index (χ3n) is 7.11. The second-order valence-electron chi connectivity index (χ2n) is 11.0. The fraction of sp³-hybridized carbons (Fsp3) is 0.367. The van der Waals surface area contributed by atoms with E-state index in [4.69, 9.17) is 0 Å². The van der Waals surface area contributed by atoms with Crippen molar-refractivity contribution < 1.29 is 19.5 Å². The quantitative estimate of drug-likeness (QED) is 0.189. The second-order valence-corrected chi connectivity index (χ2v) is 11.0. The van der Waals surface area contributed by atoms with Gasteiger partial charge in [0.05, 0.1) is 10.9 Å². The molecule has 4 rings (SSSR count). The number of hydrogen-bond donors (Lipinski definition) is 5. The largest absolute Gasteiger partial charge is 0.480 e. The SMILES string of the molecule is CC(C)C[C@H](NC(=O)[C@@H](NC(=O)[C@H](Cc1c[nH]c2ccccc12)n1c(=O)[nH]c2ccccc2c1=O)C(C)C)C(=O)O. The van der Waals surface area contributed by atoms with Crippen molar-refractivity contribution in [3.8, 4) is 0 Å². The van der Waals surface area contributed by atoms with E-state index < -0.39 is 53.1 Å². The molecule has 0 saturated heterocycles. The Morgan fingerprint density at radius 3 is 2.15 bits per heavy atom. The number of carbonyl (C=O) groups is 3. The lowest BCUT2D eigenvalue weighted by Gasteiger charge is -2.27. The van der Waals surface area contributed by atoms with Gasteiger partial charge < -0.3 is 25.7 Å². The molecule has 0 unspecified atom stereocenters. The van der Waals surface area contributed by atoms with Gasteiger partial charge in [0.25, 0.3) is 5.56 Å². The number of aliphatic carboxylic acids is 1. The number of H-pyrrole nitrogens is 2. The summed E-state index contributed by atoms with van der Waals surface area (Å²) < 4.78 is 0.882. The topological polar surface area (TPSA) is 166 Å². The molecular weight excluding hydrogens is 526 g/mol. The van der Waals surface area contributed by atoms with Crippen molar-refractivity contribution in [3.63, 3.8) is 0 Å². The predicted octanol–water partition coefficient (Wildman–Crippen LogP) is 2.71. The van der Waals surface area contributed by atoms with Crippen LogP contribution in [0.4, 0.5) is 0 Å². The molecule has 216 valence electrons. The zero-order valence-corrected chi connectivity index (χ0v) is 23.4. The van der Waals surface area contributed by atoms with Crippen LogP contribution < -0.4 is 21.9 Å². The molecule has 0 spiro atoms. The molecular formula is C30H35N5O6. The van der Waals surface area contributed by atoms with Crippen molar-refractivity contribution in [3.05, 3.63) is 81.1 Å². The van der Waals surface area contributed by atoms with Crippen LogP contribution in [0.3, 0.4) is 0 Å². The molecule has 0 fully saturated rings. The standard InChI is InChI=1S/C30H35N5O6/c1-16(2)13-23(29(39)40)32-27(37)25(17(3)4)34-26(36)24(14-18-15-31-21-11-7-5-9-19(18)21)35-28(38)20-10-6-8-12-22(20)33-30(35)41/h5-12,15-17,23-25,31H,13-14H2,1-4H3,(H,32,37)(H,33,41)(H,34,36)(H,39,40)/t23-,24-,25-/m0/s1. The highest BCUT2D eigenvalue weighted by Gasteiger charge is 2.33. The second kappa shape index (κ2) is 12.2. The number of nitrogens with zero attached hydrogens (tertiary/aromatic N) is 1. The van der Waals surface area contributed by atoms with Crippen LogP contribution in [0.1, 0.15) is 45.7 Å². The number of para-hydroxylation sites is 2. The maximum Gasteiger partial charge on any atom is 0.329 e. The Morgan fingerprint density at radius 2 is 1.51 bits per heavy atom. The van der Waals surface area contributed by atoms with Gasteiger partial charge in [0, 0.05) is 23.5 Å². The maximum absolute atomic E-state index is 13.9. The van der Waals surface area contributed by atoms with Gasteiger partial charge >= 0.3 is 11.7 Å². The average Bonchev–Trinajstić information content (AvgIpc) is 3.32. The molecule has 11 heteroatoms. The smallest absolute Gasteiger partial charge is 0.329 e. The Bertz CT molecular complexity index is 1700. The third-order valence-corrected chi connectivity index (χ3v) is 7.11. The van der Waals surface area contributed by atoms with Gasteiger partial charge in [-0.3, -0.25) is 14.4 Å². The first-order valence-corrected chi connectivity index (χ1v) is 13.6. The number of carboxylic acids is 1. The number of hydrogen-bond acceptors (Lipinski definition) is 5. The molecule has 0 saturated carbocycles. The number of benzene rings is 2. The molecule has 11 nitrogen and oxygen atoms in total. The maximum atomic E-state index is 13.9. The first-order valence-electron chi connectivity index (χ1n) is 13.6. The van der Waals surface area contributed by atoms with E-state index in [-0.39, 0.29) is 24.1 Å². The van der Waals surface area contributed by atoms with Gasteiger partial charge in [-0.1, -0.05) is 58.0 Å². The summed E-state index contributed by atoms with van der Waals surface area (Å²) in [5, 5.41) is 15.9. The summed E-state index contributed by atoms with van der Waals surface area (Å²) in [6.45, 7) is 7.12. The monoisotopic (exact) mass is 561 g/mol. The minimum atomic E-state index is -1.31. The van der Waals surface area contributed by atoms with Crippen molar-refractivity contribution >= 4 is 39.6 Å².